The maximum atomic E-state index is 13.0. The second-order valence-corrected chi connectivity index (χ2v) is 8.31. The van der Waals surface area contributed by atoms with Gasteiger partial charge in [0.1, 0.15) is 18.6 Å². The van der Waals surface area contributed by atoms with Gasteiger partial charge in [-0.15, -0.1) is 11.6 Å². The van der Waals surface area contributed by atoms with E-state index in [1.807, 2.05) is 13.0 Å². The Balaban J connectivity index is 1.71. The van der Waals surface area contributed by atoms with Gasteiger partial charge < -0.3 is 14.5 Å². The average molecular weight is 478 g/mol. The summed E-state index contributed by atoms with van der Waals surface area (Å²) in [7, 11) is 1.52. The van der Waals surface area contributed by atoms with Gasteiger partial charge >= 0.3 is 0 Å². The number of hydrogen-bond donors (Lipinski definition) is 0. The zero-order chi connectivity index (χ0) is 23.3. The van der Waals surface area contributed by atoms with Crippen molar-refractivity contribution in [3.63, 3.8) is 0 Å². The minimum atomic E-state index is -0.924. The smallest absolute Gasteiger partial charge is 0.248 e. The largest absolute Gasteiger partial charge is 0.383 e. The summed E-state index contributed by atoms with van der Waals surface area (Å²) >= 11 is 12.6. The lowest BCUT2D eigenvalue weighted by Gasteiger charge is -2.27. The second-order valence-electron chi connectivity index (χ2n) is 7.46. The molecule has 1 saturated heterocycles. The van der Waals surface area contributed by atoms with Gasteiger partial charge in [-0.1, -0.05) is 48.0 Å². The highest BCUT2D eigenvalue weighted by Gasteiger charge is 2.34. The van der Waals surface area contributed by atoms with Gasteiger partial charge in [0.25, 0.3) is 0 Å². The minimum absolute atomic E-state index is 0.0694. The summed E-state index contributed by atoms with van der Waals surface area (Å²) in [6.45, 7) is 2.10. The van der Waals surface area contributed by atoms with Gasteiger partial charge in [-0.3, -0.25) is 19.3 Å². The molecule has 3 amide bonds. The van der Waals surface area contributed by atoms with E-state index in [-0.39, 0.29) is 44.7 Å². The molecule has 0 aromatic heterocycles. The van der Waals surface area contributed by atoms with Crippen molar-refractivity contribution in [3.05, 3.63) is 64.7 Å². The van der Waals surface area contributed by atoms with Crippen LogP contribution in [0.3, 0.4) is 0 Å². The maximum Gasteiger partial charge on any atom is 0.248 e. The third kappa shape index (κ3) is 5.41. The summed E-state index contributed by atoms with van der Waals surface area (Å²) in [5.41, 5.74) is 2.07. The Morgan fingerprint density at radius 2 is 1.88 bits per heavy atom. The molecule has 1 aliphatic heterocycles. The third-order valence-electron chi connectivity index (χ3n) is 5.33. The van der Waals surface area contributed by atoms with Crippen LogP contribution in [-0.2, 0) is 19.1 Å². The number of amides is 3. The highest BCUT2D eigenvalue weighted by atomic mass is 35.5. The molecule has 1 unspecified atom stereocenters. The summed E-state index contributed by atoms with van der Waals surface area (Å²) in [6.07, 6.45) is 0. The predicted octanol–water partition coefficient (Wildman–Crippen LogP) is 3.24. The summed E-state index contributed by atoms with van der Waals surface area (Å²) in [5.74, 6) is -0.948. The van der Waals surface area contributed by atoms with Gasteiger partial charge in [-0.05, 0) is 30.2 Å². The van der Waals surface area contributed by atoms with Gasteiger partial charge in [0.2, 0.25) is 17.7 Å². The number of hydrogen-bond acceptors (Lipinski definition) is 4. The fourth-order valence-corrected chi connectivity index (χ4v) is 3.92. The number of methoxy groups -OCH3 is 1. The van der Waals surface area contributed by atoms with Crippen LogP contribution >= 0.6 is 23.2 Å². The van der Waals surface area contributed by atoms with Crippen LogP contribution in [0.2, 0.25) is 5.02 Å². The molecule has 0 aliphatic carbocycles. The van der Waals surface area contributed by atoms with Crippen LogP contribution < -0.4 is 4.90 Å². The van der Waals surface area contributed by atoms with E-state index in [0.717, 1.165) is 5.56 Å². The Kier molecular flexibility index (Phi) is 8.12. The number of carbonyl (C=O) groups excluding carboxylic acids is 3. The summed E-state index contributed by atoms with van der Waals surface area (Å²) in [5, 5.41) is -0.378. The lowest BCUT2D eigenvalue weighted by atomic mass is 10.1. The van der Waals surface area contributed by atoms with Gasteiger partial charge in [0.05, 0.1) is 13.2 Å². The van der Waals surface area contributed by atoms with Crippen molar-refractivity contribution in [2.45, 2.75) is 12.3 Å². The first-order chi connectivity index (χ1) is 15.3. The molecule has 0 radical (unpaired) electrons. The summed E-state index contributed by atoms with van der Waals surface area (Å²) < 4.78 is 5.09. The molecule has 170 valence electrons. The van der Waals surface area contributed by atoms with Crippen molar-refractivity contribution in [2.75, 3.05) is 44.9 Å². The van der Waals surface area contributed by atoms with E-state index in [9.17, 15) is 14.4 Å². The number of halogens is 2. The van der Waals surface area contributed by atoms with Crippen LogP contribution in [0.4, 0.5) is 5.69 Å². The predicted molar refractivity (Wildman–Crippen MR) is 124 cm³/mol. The van der Waals surface area contributed by atoms with Crippen molar-refractivity contribution < 1.29 is 19.1 Å². The molecule has 0 bridgehead atoms. The Labute approximate surface area is 197 Å². The molecule has 3 rings (SSSR count). The van der Waals surface area contributed by atoms with Crippen molar-refractivity contribution >= 4 is 46.6 Å². The van der Waals surface area contributed by atoms with Gasteiger partial charge in [0.15, 0.2) is 0 Å². The Morgan fingerprint density at radius 1 is 1.16 bits per heavy atom. The lowest BCUT2D eigenvalue weighted by Crippen LogP contribution is -2.45. The zero-order valence-corrected chi connectivity index (χ0v) is 19.5. The first-order valence-electron chi connectivity index (χ1n) is 10.1. The van der Waals surface area contributed by atoms with Crippen LogP contribution in [0, 0.1) is 6.92 Å². The topological polar surface area (TPSA) is 70.2 Å². The van der Waals surface area contributed by atoms with Crippen molar-refractivity contribution in [2.24, 2.45) is 0 Å². The summed E-state index contributed by atoms with van der Waals surface area (Å²) in [6, 6.07) is 14.2. The molecular weight excluding hydrogens is 453 g/mol. The third-order valence-corrected chi connectivity index (χ3v) is 6.18. The fraction of sp³-hybridized carbons (Fsp3) is 0.348. The lowest BCUT2D eigenvalue weighted by molar-refractivity contribution is -0.140. The minimum Gasteiger partial charge on any atom is -0.383 e. The second kappa shape index (κ2) is 10.8. The van der Waals surface area contributed by atoms with E-state index in [1.54, 1.807) is 42.5 Å². The Morgan fingerprint density at radius 3 is 2.56 bits per heavy atom. The van der Waals surface area contributed by atoms with E-state index < -0.39 is 11.3 Å². The van der Waals surface area contributed by atoms with Gasteiger partial charge in [0, 0.05) is 24.4 Å². The number of nitrogens with zero attached hydrogens (tertiary/aromatic N) is 3. The van der Waals surface area contributed by atoms with E-state index in [4.69, 9.17) is 27.9 Å². The first-order valence-corrected chi connectivity index (χ1v) is 10.9. The number of benzene rings is 2. The standard InChI is InChI=1S/C23H25Cl2N3O4/c1-16-18(24)9-6-10-19(16)28-15-27(14-21(28)30)20(29)13-26(11-12-32-2)23(31)22(25)17-7-4-3-5-8-17/h3-10,22H,11-15H2,1-2H3. The molecule has 32 heavy (non-hydrogen) atoms. The number of anilines is 1. The van der Waals surface area contributed by atoms with Crippen molar-refractivity contribution in [3.8, 4) is 0 Å². The molecule has 0 spiro atoms. The van der Waals surface area contributed by atoms with E-state index in [0.29, 0.717) is 16.3 Å². The quantitative estimate of drug-likeness (QED) is 0.547. The molecule has 9 heteroatoms. The zero-order valence-electron chi connectivity index (χ0n) is 18.0. The Bertz CT molecular complexity index is 986. The van der Waals surface area contributed by atoms with Crippen LogP contribution in [-0.4, -0.2) is 67.5 Å². The monoisotopic (exact) mass is 477 g/mol. The van der Waals surface area contributed by atoms with E-state index in [2.05, 4.69) is 0 Å². The van der Waals surface area contributed by atoms with Crippen molar-refractivity contribution in [1.82, 2.24) is 9.80 Å². The fourth-order valence-electron chi connectivity index (χ4n) is 3.47. The molecule has 1 aliphatic rings. The highest BCUT2D eigenvalue weighted by Crippen LogP contribution is 2.29. The SMILES string of the molecule is COCCN(CC(=O)N1CC(=O)N(c2cccc(Cl)c2C)C1)C(=O)C(Cl)c1ccccc1. The first kappa shape index (κ1) is 24.0. The van der Waals surface area contributed by atoms with Gasteiger partial charge in [-0.25, -0.2) is 0 Å². The van der Waals surface area contributed by atoms with E-state index in [1.165, 1.54) is 21.8 Å². The molecule has 1 fully saturated rings. The van der Waals surface area contributed by atoms with Crippen LogP contribution in [0.25, 0.3) is 0 Å². The molecule has 2 aromatic carbocycles. The number of alkyl halides is 1. The van der Waals surface area contributed by atoms with Crippen LogP contribution in [0.5, 0.6) is 0 Å². The van der Waals surface area contributed by atoms with E-state index >= 15 is 0 Å². The number of ether oxygens (including phenoxy) is 1. The molecule has 1 atom stereocenters. The molecule has 0 N–H and O–H groups in total. The van der Waals surface area contributed by atoms with Gasteiger partial charge in [-0.2, -0.15) is 0 Å². The number of carbonyl (C=O) groups is 3. The maximum absolute atomic E-state index is 13.0. The normalized spacial score (nSPS) is 14.6. The molecule has 2 aromatic rings. The number of rotatable bonds is 8. The average Bonchev–Trinajstić information content (AvgIpc) is 3.19. The molecular formula is C23H25Cl2N3O4. The molecule has 7 nitrogen and oxygen atoms in total. The van der Waals surface area contributed by atoms with Crippen LogP contribution in [0.15, 0.2) is 48.5 Å². The summed E-state index contributed by atoms with van der Waals surface area (Å²) in [4.78, 5) is 42.9. The Hall–Kier alpha value is -2.61. The van der Waals surface area contributed by atoms with Crippen LogP contribution in [0.1, 0.15) is 16.5 Å². The molecule has 1 heterocycles. The molecule has 0 saturated carbocycles. The van der Waals surface area contributed by atoms with Crippen molar-refractivity contribution in [1.29, 1.82) is 0 Å². The highest BCUT2D eigenvalue weighted by molar-refractivity contribution is 6.32.